The molecule has 5 atom stereocenters. The van der Waals surface area contributed by atoms with E-state index in [9.17, 15) is 15.0 Å². The Morgan fingerprint density at radius 2 is 1.97 bits per heavy atom. The lowest BCUT2D eigenvalue weighted by molar-refractivity contribution is -0.139. The highest BCUT2D eigenvalue weighted by molar-refractivity contribution is 5.79. The fourth-order valence-electron chi connectivity index (χ4n) is 4.81. The van der Waals surface area contributed by atoms with Crippen LogP contribution in [0.3, 0.4) is 0 Å². The van der Waals surface area contributed by atoms with E-state index in [0.29, 0.717) is 6.54 Å². The van der Waals surface area contributed by atoms with Crippen molar-refractivity contribution in [3.05, 3.63) is 64.2 Å². The lowest BCUT2D eigenvalue weighted by Crippen LogP contribution is -2.46. The van der Waals surface area contributed by atoms with Crippen molar-refractivity contribution in [3.63, 3.8) is 0 Å². The number of para-hydroxylation sites is 1. The van der Waals surface area contributed by atoms with Crippen molar-refractivity contribution in [1.29, 1.82) is 0 Å². The average molecular weight is 454 g/mol. The van der Waals surface area contributed by atoms with Crippen LogP contribution in [0, 0.1) is 19.8 Å². The molecule has 6 heteroatoms. The topological polar surface area (TPSA) is 88.0 Å². The van der Waals surface area contributed by atoms with E-state index in [1.54, 1.807) is 0 Å². The number of aliphatic hydroxyl groups excluding tert-OH is 1. The number of carboxylic acid groups (broad SMARTS) is 1. The Morgan fingerprint density at radius 1 is 1.21 bits per heavy atom. The molecule has 0 unspecified atom stereocenters. The molecule has 0 saturated heterocycles. The van der Waals surface area contributed by atoms with Crippen molar-refractivity contribution in [1.82, 2.24) is 5.32 Å². The molecule has 2 aliphatic rings. The number of ether oxygens (including phenoxy) is 2. The number of hydrogen-bond acceptors (Lipinski definition) is 5. The Kier molecular flexibility index (Phi) is 6.54. The third kappa shape index (κ3) is 5.08. The molecule has 3 N–H and O–H groups in total. The van der Waals surface area contributed by atoms with Gasteiger partial charge in [0, 0.05) is 29.1 Å². The van der Waals surface area contributed by atoms with Gasteiger partial charge in [0.2, 0.25) is 0 Å². The van der Waals surface area contributed by atoms with Crippen LogP contribution in [0.15, 0.2) is 36.4 Å². The molecule has 0 radical (unpaired) electrons. The maximum Gasteiger partial charge on any atom is 0.311 e. The summed E-state index contributed by atoms with van der Waals surface area (Å²) < 4.78 is 11.9. The van der Waals surface area contributed by atoms with Gasteiger partial charge in [-0.1, -0.05) is 36.4 Å². The van der Waals surface area contributed by atoms with Crippen LogP contribution in [-0.4, -0.2) is 47.1 Å². The van der Waals surface area contributed by atoms with Crippen molar-refractivity contribution in [2.24, 2.45) is 5.92 Å². The molecular formula is C27H35NO5. The molecule has 0 bridgehead atoms. The molecule has 1 fully saturated rings. The number of aliphatic carboxylic acids is 1. The fourth-order valence-corrected chi connectivity index (χ4v) is 4.81. The van der Waals surface area contributed by atoms with Crippen LogP contribution in [0.5, 0.6) is 5.75 Å². The first-order valence-electron chi connectivity index (χ1n) is 11.7. The average Bonchev–Trinajstić information content (AvgIpc) is 3.35. The number of fused-ring (bicyclic) bond motifs is 3. The zero-order valence-electron chi connectivity index (χ0n) is 20.1. The molecule has 0 aromatic heterocycles. The quantitative estimate of drug-likeness (QED) is 0.506. The smallest absolute Gasteiger partial charge is 0.311 e. The van der Waals surface area contributed by atoms with Crippen LogP contribution in [0.1, 0.15) is 60.6 Å². The molecule has 1 aliphatic heterocycles. The van der Waals surface area contributed by atoms with Gasteiger partial charge in [0.15, 0.2) is 0 Å². The summed E-state index contributed by atoms with van der Waals surface area (Å²) >= 11 is 0. The summed E-state index contributed by atoms with van der Waals surface area (Å²) in [6, 6.07) is 12.3. The zero-order chi connectivity index (χ0) is 23.9. The summed E-state index contributed by atoms with van der Waals surface area (Å²) in [6.07, 6.45) is -0.307. The Hall–Kier alpha value is -2.41. The lowest BCUT2D eigenvalue weighted by Gasteiger charge is -2.28. The highest BCUT2D eigenvalue weighted by Gasteiger charge is 2.63. The number of carboxylic acids is 1. The predicted octanol–water partition coefficient (Wildman–Crippen LogP) is 3.91. The van der Waals surface area contributed by atoms with E-state index >= 15 is 0 Å². The van der Waals surface area contributed by atoms with Gasteiger partial charge in [-0.3, -0.25) is 4.79 Å². The number of rotatable bonds is 10. The molecule has 0 amide bonds. The molecule has 2 aromatic rings. The van der Waals surface area contributed by atoms with E-state index in [0.717, 1.165) is 23.3 Å². The molecule has 178 valence electrons. The van der Waals surface area contributed by atoms with Crippen LogP contribution in [0.4, 0.5) is 0 Å². The Labute approximate surface area is 195 Å². The predicted molar refractivity (Wildman–Crippen MR) is 127 cm³/mol. The highest BCUT2D eigenvalue weighted by atomic mass is 16.5. The molecule has 2 aromatic carbocycles. The monoisotopic (exact) mass is 453 g/mol. The van der Waals surface area contributed by atoms with Crippen LogP contribution in [0.2, 0.25) is 0 Å². The van der Waals surface area contributed by atoms with Crippen LogP contribution < -0.4 is 10.1 Å². The Morgan fingerprint density at radius 3 is 2.67 bits per heavy atom. The van der Waals surface area contributed by atoms with Crippen molar-refractivity contribution < 1.29 is 24.5 Å². The van der Waals surface area contributed by atoms with Crippen molar-refractivity contribution in [2.45, 2.75) is 70.8 Å². The third-order valence-corrected chi connectivity index (χ3v) is 6.94. The van der Waals surface area contributed by atoms with Crippen molar-refractivity contribution in [3.8, 4) is 5.75 Å². The molecule has 33 heavy (non-hydrogen) atoms. The zero-order valence-corrected chi connectivity index (χ0v) is 20.1. The number of benzene rings is 2. The van der Waals surface area contributed by atoms with Gasteiger partial charge in [0.1, 0.15) is 17.8 Å². The SMILES string of the molecule is Cc1ccc(CC(C)(C)NC[C@@H](O)CO[C@H](C)c2cccc3c2O[C@@H]2[C@@H](C(=O)O)[C@H]32)cc1C. The van der Waals surface area contributed by atoms with Gasteiger partial charge in [0.05, 0.1) is 18.8 Å². The van der Waals surface area contributed by atoms with Crippen molar-refractivity contribution >= 4 is 5.97 Å². The Balaban J connectivity index is 1.27. The normalized spacial score (nSPS) is 22.8. The molecule has 0 spiro atoms. The van der Waals surface area contributed by atoms with Crippen LogP contribution in [0.25, 0.3) is 0 Å². The number of nitrogens with one attached hydrogen (secondary N) is 1. The van der Waals surface area contributed by atoms with Crippen molar-refractivity contribution in [2.75, 3.05) is 13.2 Å². The van der Waals surface area contributed by atoms with Gasteiger partial charge in [-0.05, 0) is 57.7 Å². The molecule has 1 aliphatic carbocycles. The molecule has 6 nitrogen and oxygen atoms in total. The molecule has 4 rings (SSSR count). The van der Waals surface area contributed by atoms with Gasteiger partial charge in [0.25, 0.3) is 0 Å². The maximum absolute atomic E-state index is 11.3. The first-order valence-corrected chi connectivity index (χ1v) is 11.7. The molecule has 1 heterocycles. The summed E-state index contributed by atoms with van der Waals surface area (Å²) in [5.41, 5.74) is 5.55. The van der Waals surface area contributed by atoms with Gasteiger partial charge < -0.3 is 25.0 Å². The second-order valence-electron chi connectivity index (χ2n) is 10.2. The first-order chi connectivity index (χ1) is 15.6. The fraction of sp³-hybridized carbons (Fsp3) is 0.519. The van der Waals surface area contributed by atoms with E-state index in [1.165, 1.54) is 16.7 Å². The minimum Gasteiger partial charge on any atom is -0.488 e. The summed E-state index contributed by atoms with van der Waals surface area (Å²) in [6.45, 7) is 11.1. The number of aryl methyl sites for hydroxylation is 2. The summed E-state index contributed by atoms with van der Waals surface area (Å²) in [5.74, 6) is -0.552. The summed E-state index contributed by atoms with van der Waals surface area (Å²) in [5, 5.41) is 23.3. The number of carbonyl (C=O) groups is 1. The largest absolute Gasteiger partial charge is 0.488 e. The molecular weight excluding hydrogens is 418 g/mol. The van der Waals surface area contributed by atoms with E-state index < -0.39 is 18.0 Å². The minimum absolute atomic E-state index is 0.0565. The summed E-state index contributed by atoms with van der Waals surface area (Å²) in [4.78, 5) is 11.3. The van der Waals surface area contributed by atoms with Gasteiger partial charge >= 0.3 is 5.97 Å². The molecule has 1 saturated carbocycles. The number of β-amino-alcohol motifs (C(OH)–C–C–N with tert-alkyl or cyclic N) is 1. The van der Waals surface area contributed by atoms with Gasteiger partial charge in [-0.2, -0.15) is 0 Å². The second-order valence-corrected chi connectivity index (χ2v) is 10.2. The standard InChI is InChI=1S/C27H35NO5/c1-15-9-10-18(11-16(15)2)12-27(4,5)28-13-19(29)14-32-17(3)20-7-6-8-21-22-23(26(30)31)25(22)33-24(20)21/h6-11,17,19,22-23,25,28-29H,12-14H2,1-5H3,(H,30,31)/t17-,19-,22+,23+,25+/m1/s1. The van der Waals surface area contributed by atoms with E-state index in [-0.39, 0.29) is 30.3 Å². The second kappa shape index (κ2) is 9.09. The number of aliphatic hydroxyl groups is 1. The Bertz CT molecular complexity index is 1030. The van der Waals surface area contributed by atoms with Gasteiger partial charge in [-0.25, -0.2) is 0 Å². The third-order valence-electron chi connectivity index (χ3n) is 6.94. The number of hydrogen-bond donors (Lipinski definition) is 3. The van der Waals surface area contributed by atoms with Crippen LogP contribution in [-0.2, 0) is 16.0 Å². The first kappa shape index (κ1) is 23.7. The summed E-state index contributed by atoms with van der Waals surface area (Å²) in [7, 11) is 0. The van der Waals surface area contributed by atoms with Crippen LogP contribution >= 0.6 is 0 Å². The van der Waals surface area contributed by atoms with E-state index in [4.69, 9.17) is 9.47 Å². The van der Waals surface area contributed by atoms with Gasteiger partial charge in [-0.15, -0.1) is 0 Å². The maximum atomic E-state index is 11.3. The minimum atomic E-state index is -0.804. The highest BCUT2D eigenvalue weighted by Crippen LogP contribution is 2.59. The van der Waals surface area contributed by atoms with E-state index in [1.807, 2.05) is 25.1 Å². The lowest BCUT2D eigenvalue weighted by atomic mass is 9.93. The van der Waals surface area contributed by atoms with E-state index in [2.05, 4.69) is 51.2 Å².